The molecule has 0 spiro atoms. The van der Waals surface area contributed by atoms with Crippen LogP contribution in [0, 0.1) is 0 Å². The summed E-state index contributed by atoms with van der Waals surface area (Å²) in [6.07, 6.45) is 2.85. The molecule has 0 aliphatic heterocycles. The van der Waals surface area contributed by atoms with Crippen molar-refractivity contribution in [1.82, 2.24) is 0 Å². The molecule has 0 heterocycles. The summed E-state index contributed by atoms with van der Waals surface area (Å²) in [5.74, 6) is -0.450. The summed E-state index contributed by atoms with van der Waals surface area (Å²) < 4.78 is 3.70. The van der Waals surface area contributed by atoms with E-state index in [4.69, 9.17) is 4.74 Å². The second-order valence-corrected chi connectivity index (χ2v) is 10.6. The third-order valence-corrected chi connectivity index (χ3v) is 7.55. The Labute approximate surface area is 130 Å². The normalized spacial score (nSPS) is 12.4. The van der Waals surface area contributed by atoms with Crippen LogP contribution >= 0.6 is 63.7 Å². The topological polar surface area (TPSA) is 26.3 Å². The van der Waals surface area contributed by atoms with Crippen molar-refractivity contribution in [3.8, 4) is 0 Å². The van der Waals surface area contributed by atoms with Gasteiger partial charge in [-0.25, -0.2) is 4.79 Å². The van der Waals surface area contributed by atoms with Gasteiger partial charge in [0.1, 0.15) is 3.23 Å². The fraction of sp³-hybridized carbons (Fsp3) is 0.700. The average Bonchev–Trinajstić information content (AvgIpc) is 2.13. The number of rotatable bonds is 6. The van der Waals surface area contributed by atoms with Gasteiger partial charge in [0, 0.05) is 5.57 Å². The van der Waals surface area contributed by atoms with Crippen LogP contribution in [0.2, 0.25) is 0 Å². The summed E-state index contributed by atoms with van der Waals surface area (Å²) in [5.41, 5.74) is 0.356. The monoisotopic (exact) mass is 482 g/mol. The van der Waals surface area contributed by atoms with Gasteiger partial charge in [-0.2, -0.15) is 0 Å². The zero-order valence-electron chi connectivity index (χ0n) is 9.16. The lowest BCUT2D eigenvalue weighted by Crippen LogP contribution is -2.38. The summed E-state index contributed by atoms with van der Waals surface area (Å²) in [7, 11) is 0. The minimum atomic E-state index is -1.00. The number of halogens is 4. The minimum absolute atomic E-state index is 0.356. The number of unbranched alkanes of at least 4 members (excludes halogenated alkanes) is 1. The van der Waals surface area contributed by atoms with Crippen molar-refractivity contribution >= 4 is 69.7 Å². The smallest absolute Gasteiger partial charge is 0.335 e. The van der Waals surface area contributed by atoms with Gasteiger partial charge in [-0.05, 0) is 45.2 Å². The lowest BCUT2D eigenvalue weighted by atomic mass is 10.2. The van der Waals surface area contributed by atoms with E-state index in [1.54, 1.807) is 6.92 Å². The second kappa shape index (κ2) is 6.90. The van der Waals surface area contributed by atoms with E-state index >= 15 is 0 Å². The van der Waals surface area contributed by atoms with Crippen LogP contribution in [0.4, 0.5) is 0 Å². The van der Waals surface area contributed by atoms with Crippen LogP contribution in [-0.2, 0) is 9.53 Å². The van der Waals surface area contributed by atoms with Crippen molar-refractivity contribution < 1.29 is 9.53 Å². The maximum atomic E-state index is 11.5. The maximum absolute atomic E-state index is 11.5. The van der Waals surface area contributed by atoms with Crippen LogP contribution in [0.5, 0.6) is 0 Å². The predicted molar refractivity (Wildman–Crippen MR) is 81.6 cm³/mol. The molecule has 0 N–H and O–H groups in total. The first-order valence-electron chi connectivity index (χ1n) is 4.78. The van der Waals surface area contributed by atoms with Crippen molar-refractivity contribution in [2.45, 2.75) is 39.8 Å². The molecule has 0 aliphatic carbocycles. The highest BCUT2D eigenvalue weighted by atomic mass is 79.9. The van der Waals surface area contributed by atoms with Crippen LogP contribution in [-0.4, -0.2) is 12.6 Å². The first-order valence-corrected chi connectivity index (χ1v) is 7.95. The summed E-state index contributed by atoms with van der Waals surface area (Å²) in [5, 5.41) is 0. The molecule has 0 aromatic heterocycles. The Morgan fingerprint density at radius 3 is 2.19 bits per heavy atom. The Balaban J connectivity index is 4.62. The van der Waals surface area contributed by atoms with E-state index in [1.807, 2.05) is 0 Å². The van der Waals surface area contributed by atoms with E-state index in [0.717, 1.165) is 19.3 Å². The predicted octanol–water partition coefficient (Wildman–Crippen LogP) is 5.23. The number of alkyl halides is 4. The van der Waals surface area contributed by atoms with Gasteiger partial charge in [-0.3, -0.25) is 0 Å². The molecule has 0 saturated heterocycles. The van der Waals surface area contributed by atoms with Crippen molar-refractivity contribution in [2.24, 2.45) is 0 Å². The first-order chi connectivity index (χ1) is 7.14. The molecule has 16 heavy (non-hydrogen) atoms. The average molecular weight is 486 g/mol. The molecule has 0 amide bonds. The highest BCUT2D eigenvalue weighted by molar-refractivity contribution is 9.30. The molecule has 0 aliphatic rings. The van der Waals surface area contributed by atoms with Gasteiger partial charge in [0.05, 0.1) is 0 Å². The summed E-state index contributed by atoms with van der Waals surface area (Å²) in [6.45, 7) is 7.24. The van der Waals surface area contributed by atoms with Crippen molar-refractivity contribution in [1.29, 1.82) is 0 Å². The summed E-state index contributed by atoms with van der Waals surface area (Å²) in [4.78, 5) is 11.5. The molecule has 0 rings (SSSR count). The number of carbonyl (C=O) groups is 1. The van der Waals surface area contributed by atoms with Crippen LogP contribution in [0.15, 0.2) is 12.2 Å². The highest BCUT2D eigenvalue weighted by Gasteiger charge is 2.47. The van der Waals surface area contributed by atoms with E-state index in [-0.39, 0.29) is 0 Å². The third kappa shape index (κ3) is 5.19. The Hall–Kier alpha value is 1.13. The fourth-order valence-corrected chi connectivity index (χ4v) is 2.24. The van der Waals surface area contributed by atoms with Crippen molar-refractivity contribution in [3.05, 3.63) is 12.2 Å². The number of carbonyl (C=O) groups excluding carboxylic acids is 1. The fourth-order valence-electron chi connectivity index (χ4n) is 0.823. The zero-order valence-corrected chi connectivity index (χ0v) is 15.5. The van der Waals surface area contributed by atoms with Crippen LogP contribution in [0.3, 0.4) is 0 Å². The van der Waals surface area contributed by atoms with E-state index in [2.05, 4.69) is 77.2 Å². The number of hydrogen-bond acceptors (Lipinski definition) is 2. The lowest BCUT2D eigenvalue weighted by molar-refractivity contribution is -0.141. The molecule has 0 unspecified atom stereocenters. The maximum Gasteiger partial charge on any atom is 0.335 e. The third-order valence-electron chi connectivity index (χ3n) is 1.84. The molecule has 0 atom stereocenters. The van der Waals surface area contributed by atoms with Gasteiger partial charge in [-0.1, -0.05) is 58.2 Å². The molecule has 0 aromatic rings. The molecule has 94 valence electrons. The van der Waals surface area contributed by atoms with E-state index < -0.39 is 12.6 Å². The summed E-state index contributed by atoms with van der Waals surface area (Å²) in [6, 6.07) is 0. The van der Waals surface area contributed by atoms with Gasteiger partial charge >= 0.3 is 5.97 Å². The Bertz CT molecular complexity index is 274. The van der Waals surface area contributed by atoms with Crippen LogP contribution in [0.25, 0.3) is 0 Å². The standard InChI is InChI=1S/C10H14Br4O2/c1-4-5-6-9(11,12)10(13,14)16-8(15)7(2)3/h2,4-6H2,1,3H3. The number of hydrogen-bond donors (Lipinski definition) is 0. The molecular formula is C10H14Br4O2. The lowest BCUT2D eigenvalue weighted by Gasteiger charge is -2.33. The number of esters is 1. The number of ether oxygens (including phenoxy) is 1. The van der Waals surface area contributed by atoms with Gasteiger partial charge in [0.2, 0.25) is 3.42 Å². The molecular weight excluding hydrogens is 472 g/mol. The molecule has 0 bridgehead atoms. The second-order valence-electron chi connectivity index (χ2n) is 3.49. The molecule has 2 nitrogen and oxygen atoms in total. The highest BCUT2D eigenvalue weighted by Crippen LogP contribution is 2.52. The largest absolute Gasteiger partial charge is 0.431 e. The Morgan fingerprint density at radius 2 is 1.81 bits per heavy atom. The molecule has 0 radical (unpaired) electrons. The Kier molecular flexibility index (Phi) is 7.39. The molecule has 0 aromatic carbocycles. The van der Waals surface area contributed by atoms with Gasteiger partial charge in [-0.15, -0.1) is 0 Å². The van der Waals surface area contributed by atoms with Crippen LogP contribution < -0.4 is 0 Å². The van der Waals surface area contributed by atoms with Gasteiger partial charge in [0.25, 0.3) is 0 Å². The molecule has 0 fully saturated rings. The zero-order chi connectivity index (χ0) is 13.0. The van der Waals surface area contributed by atoms with Gasteiger partial charge in [0.15, 0.2) is 0 Å². The van der Waals surface area contributed by atoms with Crippen LogP contribution in [0.1, 0.15) is 33.1 Å². The first kappa shape index (κ1) is 17.1. The van der Waals surface area contributed by atoms with Crippen molar-refractivity contribution in [2.75, 3.05) is 0 Å². The molecule has 6 heteroatoms. The quantitative estimate of drug-likeness (QED) is 0.293. The Morgan fingerprint density at radius 1 is 1.31 bits per heavy atom. The van der Waals surface area contributed by atoms with Gasteiger partial charge < -0.3 is 4.74 Å². The van der Waals surface area contributed by atoms with E-state index in [0.29, 0.717) is 5.57 Å². The molecule has 0 saturated carbocycles. The SMILES string of the molecule is C=C(C)C(=O)OC(Br)(Br)C(Br)(Br)CCCC. The van der Waals surface area contributed by atoms with E-state index in [9.17, 15) is 4.79 Å². The minimum Gasteiger partial charge on any atom is -0.431 e. The van der Waals surface area contributed by atoms with E-state index in [1.165, 1.54) is 0 Å². The van der Waals surface area contributed by atoms with Crippen molar-refractivity contribution in [3.63, 3.8) is 0 Å². The summed E-state index contributed by atoms with van der Waals surface area (Å²) >= 11 is 13.7.